The first-order valence-electron chi connectivity index (χ1n) is 5.60. The number of rotatable bonds is 2. The van der Waals surface area contributed by atoms with E-state index in [1.807, 2.05) is 4.90 Å². The van der Waals surface area contributed by atoms with E-state index >= 15 is 0 Å². The summed E-state index contributed by atoms with van der Waals surface area (Å²) < 4.78 is 1.62. The summed E-state index contributed by atoms with van der Waals surface area (Å²) in [5.74, 6) is 0.146. The summed E-state index contributed by atoms with van der Waals surface area (Å²) in [5, 5.41) is 3.99. The number of nitrogens with zero attached hydrogens (tertiary/aromatic N) is 4. The summed E-state index contributed by atoms with van der Waals surface area (Å²) in [5.41, 5.74) is 0. The van der Waals surface area contributed by atoms with Crippen LogP contribution in [0.5, 0.6) is 0 Å². The summed E-state index contributed by atoms with van der Waals surface area (Å²) in [4.78, 5) is 16.1. The largest absolute Gasteiger partial charge is 0.340 e. The maximum Gasteiger partial charge on any atom is 0.244 e. The maximum atomic E-state index is 12.0. The first-order valence-corrected chi connectivity index (χ1v) is 5.60. The predicted octanol–water partition coefficient (Wildman–Crippen LogP) is -0.153. The van der Waals surface area contributed by atoms with Crippen molar-refractivity contribution in [2.75, 3.05) is 33.2 Å². The highest BCUT2D eigenvalue weighted by molar-refractivity contribution is 5.75. The van der Waals surface area contributed by atoms with Crippen molar-refractivity contribution in [2.24, 2.45) is 0 Å². The van der Waals surface area contributed by atoms with Gasteiger partial charge in [-0.25, -0.2) is 0 Å². The van der Waals surface area contributed by atoms with E-state index in [9.17, 15) is 4.79 Å². The number of carbonyl (C=O) groups is 1. The van der Waals surface area contributed by atoms with Gasteiger partial charge in [-0.05, 0) is 20.0 Å². The summed E-state index contributed by atoms with van der Waals surface area (Å²) >= 11 is 0. The first-order chi connectivity index (χ1) is 7.75. The summed E-state index contributed by atoms with van der Waals surface area (Å²) in [6.07, 6.45) is 4.32. The van der Waals surface area contributed by atoms with Crippen LogP contribution >= 0.6 is 0 Å². The molecule has 0 atom stereocenters. The Morgan fingerprint density at radius 1 is 1.38 bits per heavy atom. The van der Waals surface area contributed by atoms with Crippen LogP contribution in [0.3, 0.4) is 0 Å². The third-order valence-corrected chi connectivity index (χ3v) is 2.87. The van der Waals surface area contributed by atoms with E-state index in [1.54, 1.807) is 17.1 Å². The SMILES string of the molecule is CN1CCCN(C(=O)Cn2c[c]cn2)CC1. The third kappa shape index (κ3) is 2.82. The normalized spacial score (nSPS) is 18.4. The minimum Gasteiger partial charge on any atom is -0.340 e. The maximum absolute atomic E-state index is 12.0. The Morgan fingerprint density at radius 3 is 3.00 bits per heavy atom. The molecule has 5 nitrogen and oxygen atoms in total. The van der Waals surface area contributed by atoms with Crippen LogP contribution in [0.1, 0.15) is 6.42 Å². The van der Waals surface area contributed by atoms with Crippen LogP contribution in [0, 0.1) is 6.07 Å². The minimum absolute atomic E-state index is 0.146. The van der Waals surface area contributed by atoms with Crippen LogP contribution in [0.25, 0.3) is 0 Å². The van der Waals surface area contributed by atoms with Crippen LogP contribution < -0.4 is 0 Å². The summed E-state index contributed by atoms with van der Waals surface area (Å²) in [7, 11) is 2.09. The van der Waals surface area contributed by atoms with Crippen molar-refractivity contribution < 1.29 is 4.79 Å². The lowest BCUT2D eigenvalue weighted by atomic mass is 10.4. The van der Waals surface area contributed by atoms with Gasteiger partial charge in [0.2, 0.25) is 5.91 Å². The zero-order valence-corrected chi connectivity index (χ0v) is 9.59. The fourth-order valence-corrected chi connectivity index (χ4v) is 1.88. The van der Waals surface area contributed by atoms with Crippen LogP contribution in [-0.4, -0.2) is 58.7 Å². The Balaban J connectivity index is 1.89. The molecule has 0 N–H and O–H groups in total. The van der Waals surface area contributed by atoms with Crippen molar-refractivity contribution in [2.45, 2.75) is 13.0 Å². The molecule has 2 heterocycles. The van der Waals surface area contributed by atoms with Crippen molar-refractivity contribution in [3.05, 3.63) is 18.5 Å². The van der Waals surface area contributed by atoms with Gasteiger partial charge in [0.25, 0.3) is 0 Å². The molecule has 0 saturated carbocycles. The Kier molecular flexibility index (Phi) is 3.56. The van der Waals surface area contributed by atoms with Crippen molar-refractivity contribution in [1.29, 1.82) is 0 Å². The molecule has 2 rings (SSSR count). The summed E-state index contributed by atoms with van der Waals surface area (Å²) in [6, 6.07) is 2.83. The molecule has 1 aliphatic heterocycles. The lowest BCUT2D eigenvalue weighted by Crippen LogP contribution is -2.36. The second-order valence-corrected chi connectivity index (χ2v) is 4.18. The summed E-state index contributed by atoms with van der Waals surface area (Å²) in [6.45, 7) is 4.03. The Labute approximate surface area is 95.6 Å². The number of hydrogen-bond acceptors (Lipinski definition) is 3. The van der Waals surface area contributed by atoms with Gasteiger partial charge in [-0.15, -0.1) is 0 Å². The Bertz CT molecular complexity index is 336. The molecule has 0 spiro atoms. The van der Waals surface area contributed by atoms with Gasteiger partial charge in [-0.3, -0.25) is 9.48 Å². The van der Waals surface area contributed by atoms with E-state index in [-0.39, 0.29) is 5.91 Å². The number of carbonyl (C=O) groups excluding carboxylic acids is 1. The minimum atomic E-state index is 0.146. The molecule has 1 saturated heterocycles. The van der Waals surface area contributed by atoms with Crippen LogP contribution in [0.15, 0.2) is 12.4 Å². The lowest BCUT2D eigenvalue weighted by molar-refractivity contribution is -0.131. The van der Waals surface area contributed by atoms with E-state index in [0.717, 1.165) is 32.6 Å². The zero-order valence-electron chi connectivity index (χ0n) is 9.59. The standard InChI is InChI=1S/C11H17N4O/c1-13-5-3-6-14(9-8-13)11(16)10-15-7-2-4-12-15/h4,7H,3,5-6,8-10H2,1H3. The van der Waals surface area contributed by atoms with E-state index in [0.29, 0.717) is 6.54 Å². The molecule has 1 fully saturated rings. The number of hydrogen-bond donors (Lipinski definition) is 0. The van der Waals surface area contributed by atoms with Crippen molar-refractivity contribution >= 4 is 5.91 Å². The molecule has 1 radical (unpaired) electrons. The number of likely N-dealkylation sites (N-methyl/N-ethyl adjacent to an activating group) is 1. The second-order valence-electron chi connectivity index (χ2n) is 4.18. The van der Waals surface area contributed by atoms with Crippen LogP contribution in [0.2, 0.25) is 0 Å². The highest BCUT2D eigenvalue weighted by Crippen LogP contribution is 2.02. The van der Waals surface area contributed by atoms with Gasteiger partial charge in [-0.1, -0.05) is 0 Å². The molecule has 0 bridgehead atoms. The number of aromatic nitrogens is 2. The van der Waals surface area contributed by atoms with Crippen LogP contribution in [-0.2, 0) is 11.3 Å². The quantitative estimate of drug-likeness (QED) is 0.697. The molecule has 1 aromatic heterocycles. The van der Waals surface area contributed by atoms with Crippen molar-refractivity contribution in [3.8, 4) is 0 Å². The van der Waals surface area contributed by atoms with E-state index < -0.39 is 0 Å². The van der Waals surface area contributed by atoms with Gasteiger partial charge < -0.3 is 9.80 Å². The predicted molar refractivity (Wildman–Crippen MR) is 59.8 cm³/mol. The van der Waals surface area contributed by atoms with E-state index in [2.05, 4.69) is 23.1 Å². The smallest absolute Gasteiger partial charge is 0.244 e. The molecule has 0 aliphatic carbocycles. The zero-order chi connectivity index (χ0) is 11.4. The lowest BCUT2D eigenvalue weighted by Gasteiger charge is -2.20. The average molecular weight is 221 g/mol. The third-order valence-electron chi connectivity index (χ3n) is 2.87. The second kappa shape index (κ2) is 5.12. The van der Waals surface area contributed by atoms with Gasteiger partial charge in [0.05, 0.1) is 6.20 Å². The molecule has 5 heteroatoms. The molecule has 0 unspecified atom stereocenters. The molecule has 16 heavy (non-hydrogen) atoms. The van der Waals surface area contributed by atoms with Gasteiger partial charge in [-0.2, -0.15) is 5.10 Å². The monoisotopic (exact) mass is 221 g/mol. The highest BCUT2D eigenvalue weighted by Gasteiger charge is 2.17. The van der Waals surface area contributed by atoms with Gasteiger partial charge >= 0.3 is 0 Å². The molecule has 1 aromatic rings. The van der Waals surface area contributed by atoms with Gasteiger partial charge in [0.1, 0.15) is 6.54 Å². The van der Waals surface area contributed by atoms with E-state index in [4.69, 9.17) is 0 Å². The topological polar surface area (TPSA) is 41.4 Å². The molecular formula is C11H17N4O. The fourth-order valence-electron chi connectivity index (χ4n) is 1.88. The Hall–Kier alpha value is -1.36. The van der Waals surface area contributed by atoms with Crippen molar-refractivity contribution in [1.82, 2.24) is 19.6 Å². The van der Waals surface area contributed by atoms with Gasteiger partial charge in [0.15, 0.2) is 0 Å². The average Bonchev–Trinajstić information content (AvgIpc) is 2.66. The number of amides is 1. The molecule has 1 amide bonds. The molecule has 0 aromatic carbocycles. The first kappa shape index (κ1) is 11.1. The molecule has 1 aliphatic rings. The fraction of sp³-hybridized carbons (Fsp3) is 0.636. The highest BCUT2D eigenvalue weighted by atomic mass is 16.2. The molecule has 87 valence electrons. The van der Waals surface area contributed by atoms with Gasteiger partial charge in [0, 0.05) is 31.9 Å². The van der Waals surface area contributed by atoms with Crippen LogP contribution in [0.4, 0.5) is 0 Å². The van der Waals surface area contributed by atoms with E-state index in [1.165, 1.54) is 0 Å². The Morgan fingerprint density at radius 2 is 2.25 bits per heavy atom. The van der Waals surface area contributed by atoms with Crippen molar-refractivity contribution in [3.63, 3.8) is 0 Å². The molecular weight excluding hydrogens is 204 g/mol.